The van der Waals surface area contributed by atoms with Crippen molar-refractivity contribution in [3.63, 3.8) is 0 Å². The Morgan fingerprint density at radius 3 is 2.75 bits per heavy atom. The van der Waals surface area contributed by atoms with Crippen molar-refractivity contribution in [1.29, 1.82) is 0 Å². The zero-order valence-corrected chi connectivity index (χ0v) is 17.3. The smallest absolute Gasteiger partial charge is 0.248 e. The summed E-state index contributed by atoms with van der Waals surface area (Å²) in [6, 6.07) is 4.03. The van der Waals surface area contributed by atoms with E-state index in [0.717, 1.165) is 12.2 Å². The van der Waals surface area contributed by atoms with Crippen molar-refractivity contribution < 1.29 is 17.7 Å². The summed E-state index contributed by atoms with van der Waals surface area (Å²) in [4.78, 5) is 15.3. The van der Waals surface area contributed by atoms with Gasteiger partial charge < -0.3 is 14.0 Å². The van der Waals surface area contributed by atoms with Crippen molar-refractivity contribution in [1.82, 2.24) is 18.9 Å². The van der Waals surface area contributed by atoms with Crippen LogP contribution < -0.4 is 0 Å². The van der Waals surface area contributed by atoms with Crippen LogP contribution in [-0.2, 0) is 21.4 Å². The highest BCUT2D eigenvalue weighted by Crippen LogP contribution is 2.31. The van der Waals surface area contributed by atoms with E-state index in [1.807, 2.05) is 30.2 Å². The number of hydrogen-bond acceptors (Lipinski definition) is 5. The molecule has 1 amide bonds. The topological polar surface area (TPSA) is 88.7 Å². The lowest BCUT2D eigenvalue weighted by atomic mass is 9.96. The van der Waals surface area contributed by atoms with Crippen LogP contribution in [-0.4, -0.2) is 52.9 Å². The highest BCUT2D eigenvalue weighted by molar-refractivity contribution is 7.89. The van der Waals surface area contributed by atoms with Gasteiger partial charge in [-0.05, 0) is 45.7 Å². The summed E-state index contributed by atoms with van der Waals surface area (Å²) in [5.74, 6) is 0.00272. The largest absolute Gasteiger partial charge is 0.360 e. The minimum absolute atomic E-state index is 0.00852. The number of fused-ring (bicyclic) bond motifs is 1. The van der Waals surface area contributed by atoms with Crippen molar-refractivity contribution in [3.05, 3.63) is 35.5 Å². The Labute approximate surface area is 165 Å². The van der Waals surface area contributed by atoms with Crippen molar-refractivity contribution >= 4 is 15.9 Å². The number of carbonyl (C=O) groups excluding carboxylic acids is 1. The van der Waals surface area contributed by atoms with Crippen LogP contribution in [0, 0.1) is 19.8 Å². The van der Waals surface area contributed by atoms with E-state index in [0.29, 0.717) is 31.6 Å². The molecule has 0 N–H and O–H groups in total. The molecule has 2 aliphatic rings. The van der Waals surface area contributed by atoms with Crippen LogP contribution in [0.2, 0.25) is 0 Å². The summed E-state index contributed by atoms with van der Waals surface area (Å²) in [6.45, 7) is 7.29. The van der Waals surface area contributed by atoms with Crippen molar-refractivity contribution in [2.24, 2.45) is 5.92 Å². The molecule has 0 spiro atoms. The molecule has 4 heterocycles. The summed E-state index contributed by atoms with van der Waals surface area (Å²) in [6.07, 6.45) is 3.40. The van der Waals surface area contributed by atoms with E-state index in [1.165, 1.54) is 4.31 Å². The quantitative estimate of drug-likeness (QED) is 0.779. The van der Waals surface area contributed by atoms with E-state index in [-0.39, 0.29) is 35.1 Å². The summed E-state index contributed by atoms with van der Waals surface area (Å²) in [5, 5.41) is 3.77. The number of hydrogen-bond donors (Lipinski definition) is 0. The average Bonchev–Trinajstić information content (AvgIpc) is 3.28. The van der Waals surface area contributed by atoms with Crippen LogP contribution in [0.25, 0.3) is 0 Å². The molecule has 152 valence electrons. The Balaban J connectivity index is 1.54. The first-order valence-corrected chi connectivity index (χ1v) is 11.1. The summed E-state index contributed by atoms with van der Waals surface area (Å²) < 4.78 is 34.9. The minimum atomic E-state index is -3.73. The van der Waals surface area contributed by atoms with Gasteiger partial charge in [0.05, 0.1) is 12.0 Å². The Bertz CT molecular complexity index is 974. The zero-order chi connectivity index (χ0) is 20.1. The molecule has 2 aromatic rings. The highest BCUT2D eigenvalue weighted by Gasteiger charge is 2.39. The summed E-state index contributed by atoms with van der Waals surface area (Å²) in [5.41, 5.74) is 1.48. The van der Waals surface area contributed by atoms with Gasteiger partial charge in [0.2, 0.25) is 15.9 Å². The lowest BCUT2D eigenvalue weighted by molar-refractivity contribution is -0.140. The third-order valence-electron chi connectivity index (χ3n) is 5.92. The molecule has 8 nitrogen and oxygen atoms in total. The van der Waals surface area contributed by atoms with Gasteiger partial charge in [0.1, 0.15) is 10.6 Å². The minimum Gasteiger partial charge on any atom is -0.360 e. The van der Waals surface area contributed by atoms with Gasteiger partial charge in [-0.1, -0.05) is 5.16 Å². The number of sulfonamides is 1. The van der Waals surface area contributed by atoms with Crippen LogP contribution in [0.3, 0.4) is 0 Å². The van der Waals surface area contributed by atoms with Crippen molar-refractivity contribution in [2.75, 3.05) is 19.6 Å². The van der Waals surface area contributed by atoms with Crippen LogP contribution in [0.1, 0.15) is 43.0 Å². The molecule has 1 saturated heterocycles. The molecule has 0 aliphatic carbocycles. The number of aryl methyl sites for hydroxylation is 2. The molecule has 2 atom stereocenters. The molecule has 28 heavy (non-hydrogen) atoms. The molecule has 2 aromatic heterocycles. The Kier molecular flexibility index (Phi) is 4.83. The summed E-state index contributed by atoms with van der Waals surface area (Å²) in [7, 11) is -3.73. The zero-order valence-electron chi connectivity index (χ0n) is 16.5. The van der Waals surface area contributed by atoms with Gasteiger partial charge in [-0.3, -0.25) is 4.79 Å². The fourth-order valence-electron chi connectivity index (χ4n) is 4.45. The van der Waals surface area contributed by atoms with Crippen molar-refractivity contribution in [3.8, 4) is 0 Å². The van der Waals surface area contributed by atoms with Gasteiger partial charge in [0.15, 0.2) is 5.76 Å². The van der Waals surface area contributed by atoms with Crippen molar-refractivity contribution in [2.45, 2.75) is 51.1 Å². The predicted octanol–water partition coefficient (Wildman–Crippen LogP) is 2.10. The normalized spacial score (nSPS) is 23.6. The predicted molar refractivity (Wildman–Crippen MR) is 102 cm³/mol. The molecular weight excluding hydrogens is 380 g/mol. The number of aromatic nitrogens is 2. The van der Waals surface area contributed by atoms with Gasteiger partial charge >= 0.3 is 0 Å². The third kappa shape index (κ3) is 3.06. The molecule has 4 rings (SSSR count). The average molecular weight is 407 g/mol. The molecular formula is C19H26N4O4S. The first-order valence-electron chi connectivity index (χ1n) is 9.69. The third-order valence-corrected chi connectivity index (χ3v) is 8.03. The van der Waals surface area contributed by atoms with Gasteiger partial charge in [0.25, 0.3) is 0 Å². The number of piperidine rings is 1. The second-order valence-electron chi connectivity index (χ2n) is 7.69. The maximum absolute atomic E-state index is 13.3. The van der Waals surface area contributed by atoms with Gasteiger partial charge in [-0.2, -0.15) is 4.31 Å². The van der Waals surface area contributed by atoms with E-state index in [2.05, 4.69) is 9.72 Å². The highest BCUT2D eigenvalue weighted by atomic mass is 32.2. The number of rotatable bonds is 3. The van der Waals surface area contributed by atoms with Crippen LogP contribution >= 0.6 is 0 Å². The molecule has 9 heteroatoms. The Morgan fingerprint density at radius 1 is 1.25 bits per heavy atom. The molecule has 2 aliphatic heterocycles. The molecule has 2 unspecified atom stereocenters. The molecule has 1 fully saturated rings. The fraction of sp³-hybridized carbons (Fsp3) is 0.579. The Hall–Kier alpha value is -2.13. The van der Waals surface area contributed by atoms with Gasteiger partial charge in [0, 0.05) is 38.1 Å². The maximum atomic E-state index is 13.3. The van der Waals surface area contributed by atoms with E-state index in [1.54, 1.807) is 13.8 Å². The molecule has 0 saturated carbocycles. The van der Waals surface area contributed by atoms with Crippen LogP contribution in [0.5, 0.6) is 0 Å². The SMILES string of the molecule is Cc1noc(C)c1S(=O)(=O)N1CCCC(C(=O)N2CCn3cccc3C2C)C1. The van der Waals surface area contributed by atoms with Crippen LogP contribution in [0.4, 0.5) is 0 Å². The first-order chi connectivity index (χ1) is 13.3. The Morgan fingerprint density at radius 2 is 2.04 bits per heavy atom. The second-order valence-corrected chi connectivity index (χ2v) is 9.56. The van der Waals surface area contributed by atoms with E-state index in [9.17, 15) is 13.2 Å². The monoisotopic (exact) mass is 406 g/mol. The molecule has 0 bridgehead atoms. The lowest BCUT2D eigenvalue weighted by Crippen LogP contribution is -2.49. The van der Waals surface area contributed by atoms with E-state index < -0.39 is 10.0 Å². The fourth-order valence-corrected chi connectivity index (χ4v) is 6.26. The van der Waals surface area contributed by atoms with Crippen LogP contribution in [0.15, 0.2) is 27.7 Å². The van der Waals surface area contributed by atoms with E-state index >= 15 is 0 Å². The van der Waals surface area contributed by atoms with Gasteiger partial charge in [-0.25, -0.2) is 8.42 Å². The molecule has 0 radical (unpaired) electrons. The number of carbonyl (C=O) groups is 1. The second kappa shape index (κ2) is 7.04. The summed E-state index contributed by atoms with van der Waals surface area (Å²) >= 11 is 0. The maximum Gasteiger partial charge on any atom is 0.248 e. The molecule has 0 aromatic carbocycles. The first kappa shape index (κ1) is 19.2. The lowest BCUT2D eigenvalue weighted by Gasteiger charge is -2.39. The number of nitrogens with zero attached hydrogens (tertiary/aromatic N) is 4. The standard InChI is InChI=1S/C19H26N4O4S/c1-13-18(15(3)27-20-13)28(25,26)22-9-4-6-16(12-22)19(24)23-11-10-21-8-5-7-17(21)14(23)2/h5,7-8,14,16H,4,6,9-12H2,1-3H3. The number of amides is 1. The van der Waals surface area contributed by atoms with E-state index in [4.69, 9.17) is 4.52 Å². The van der Waals surface area contributed by atoms with Gasteiger partial charge in [-0.15, -0.1) is 0 Å².